The summed E-state index contributed by atoms with van der Waals surface area (Å²) in [5, 5.41) is 14.6. The molecule has 2 atom stereocenters. The van der Waals surface area contributed by atoms with Gasteiger partial charge < -0.3 is 15.7 Å². The number of aliphatic carboxylic acids is 1. The van der Waals surface area contributed by atoms with Crippen LogP contribution in [0.25, 0.3) is 0 Å². The Morgan fingerprint density at radius 3 is 2.26 bits per heavy atom. The first-order valence-corrected chi connectivity index (χ1v) is 7.34. The maximum Gasteiger partial charge on any atom is 0.326 e. The predicted molar refractivity (Wildman–Crippen MR) is 74.0 cm³/mol. The van der Waals surface area contributed by atoms with E-state index in [0.717, 1.165) is 32.1 Å². The molecule has 5 heteroatoms. The third-order valence-corrected chi connectivity index (χ3v) is 3.96. The fourth-order valence-corrected chi connectivity index (χ4v) is 2.48. The van der Waals surface area contributed by atoms with Crippen molar-refractivity contribution in [3.8, 4) is 0 Å². The lowest BCUT2D eigenvalue weighted by Gasteiger charge is -2.23. The molecule has 0 radical (unpaired) electrons. The van der Waals surface area contributed by atoms with Crippen LogP contribution in [-0.4, -0.2) is 29.2 Å². The summed E-state index contributed by atoms with van der Waals surface area (Å²) in [5.41, 5.74) is 0. The Bertz CT molecular complexity index is 299. The molecule has 5 nitrogen and oxygen atoms in total. The van der Waals surface area contributed by atoms with Crippen LogP contribution < -0.4 is 10.6 Å². The molecule has 0 saturated heterocycles. The normalized spacial score (nSPS) is 20.1. The van der Waals surface area contributed by atoms with Crippen LogP contribution in [0.2, 0.25) is 0 Å². The standard InChI is InChI=1S/C14H26N2O3/c1-3-10(2)12(13(17)18)16-14(19)15-11-8-6-4-5-7-9-11/h10-12H,3-9H2,1-2H3,(H,17,18)(H2,15,16,19)/t10?,12-/m0/s1. The lowest BCUT2D eigenvalue weighted by atomic mass is 9.99. The zero-order valence-electron chi connectivity index (χ0n) is 11.9. The highest BCUT2D eigenvalue weighted by molar-refractivity contribution is 5.82. The van der Waals surface area contributed by atoms with Crippen LogP contribution in [0.1, 0.15) is 58.8 Å². The minimum Gasteiger partial charge on any atom is -0.480 e. The van der Waals surface area contributed by atoms with E-state index in [1.807, 2.05) is 13.8 Å². The third-order valence-electron chi connectivity index (χ3n) is 3.96. The van der Waals surface area contributed by atoms with Crippen molar-refractivity contribution in [3.63, 3.8) is 0 Å². The Kier molecular flexibility index (Phi) is 6.67. The number of rotatable bonds is 5. The van der Waals surface area contributed by atoms with E-state index in [0.29, 0.717) is 0 Å². The molecule has 1 rings (SSSR count). The molecule has 0 bridgehead atoms. The van der Waals surface area contributed by atoms with Crippen LogP contribution in [0.5, 0.6) is 0 Å². The van der Waals surface area contributed by atoms with Crippen molar-refractivity contribution in [1.82, 2.24) is 10.6 Å². The smallest absolute Gasteiger partial charge is 0.326 e. The number of urea groups is 1. The van der Waals surface area contributed by atoms with Gasteiger partial charge in [-0.3, -0.25) is 0 Å². The molecule has 0 heterocycles. The lowest BCUT2D eigenvalue weighted by molar-refractivity contribution is -0.140. The number of amides is 2. The summed E-state index contributed by atoms with van der Waals surface area (Å²) in [6.45, 7) is 3.76. The van der Waals surface area contributed by atoms with Gasteiger partial charge >= 0.3 is 12.0 Å². The van der Waals surface area contributed by atoms with Crippen molar-refractivity contribution in [2.75, 3.05) is 0 Å². The number of carbonyl (C=O) groups is 2. The molecule has 1 saturated carbocycles. The van der Waals surface area contributed by atoms with Gasteiger partial charge in [-0.1, -0.05) is 46.0 Å². The van der Waals surface area contributed by atoms with E-state index in [-0.39, 0.29) is 18.0 Å². The van der Waals surface area contributed by atoms with Crippen molar-refractivity contribution in [2.24, 2.45) is 5.92 Å². The van der Waals surface area contributed by atoms with Gasteiger partial charge in [0.15, 0.2) is 0 Å². The first-order chi connectivity index (χ1) is 9.04. The van der Waals surface area contributed by atoms with Crippen molar-refractivity contribution >= 4 is 12.0 Å². The number of nitrogens with one attached hydrogen (secondary N) is 2. The number of carboxylic acids is 1. The molecule has 0 spiro atoms. The monoisotopic (exact) mass is 270 g/mol. The summed E-state index contributed by atoms with van der Waals surface area (Å²) in [5.74, 6) is -1.04. The Morgan fingerprint density at radius 1 is 1.21 bits per heavy atom. The van der Waals surface area contributed by atoms with Crippen molar-refractivity contribution < 1.29 is 14.7 Å². The molecule has 1 aliphatic carbocycles. The zero-order valence-corrected chi connectivity index (χ0v) is 11.9. The highest BCUT2D eigenvalue weighted by Crippen LogP contribution is 2.17. The summed E-state index contributed by atoms with van der Waals surface area (Å²) in [6.07, 6.45) is 7.44. The second-order valence-electron chi connectivity index (χ2n) is 5.51. The third kappa shape index (κ3) is 5.49. The summed E-state index contributed by atoms with van der Waals surface area (Å²) >= 11 is 0. The first kappa shape index (κ1) is 15.8. The average molecular weight is 270 g/mol. The minimum absolute atomic E-state index is 0.0719. The average Bonchev–Trinajstić information content (AvgIpc) is 2.63. The predicted octanol–water partition coefficient (Wildman–Crippen LogP) is 2.51. The largest absolute Gasteiger partial charge is 0.480 e. The zero-order chi connectivity index (χ0) is 14.3. The van der Waals surface area contributed by atoms with E-state index in [1.54, 1.807) is 0 Å². The van der Waals surface area contributed by atoms with Gasteiger partial charge in [-0.25, -0.2) is 9.59 Å². The highest BCUT2D eigenvalue weighted by Gasteiger charge is 2.26. The van der Waals surface area contributed by atoms with E-state index in [1.165, 1.54) is 12.8 Å². The SMILES string of the molecule is CCC(C)[C@H](NC(=O)NC1CCCCCC1)C(=O)O. The summed E-state index contributed by atoms with van der Waals surface area (Å²) in [6, 6.07) is -0.968. The molecule has 0 aliphatic heterocycles. The van der Waals surface area contributed by atoms with Gasteiger partial charge in [0.05, 0.1) is 0 Å². The Balaban J connectivity index is 2.45. The van der Waals surface area contributed by atoms with E-state index >= 15 is 0 Å². The van der Waals surface area contributed by atoms with Crippen molar-refractivity contribution in [1.29, 1.82) is 0 Å². The molecule has 0 aromatic rings. The number of hydrogen-bond acceptors (Lipinski definition) is 2. The van der Waals surface area contributed by atoms with Gasteiger partial charge in [0.2, 0.25) is 0 Å². The minimum atomic E-state index is -0.967. The van der Waals surface area contributed by atoms with Crippen LogP contribution >= 0.6 is 0 Å². The molecule has 1 fully saturated rings. The summed E-state index contributed by atoms with van der Waals surface area (Å²) in [4.78, 5) is 23.0. The second kappa shape index (κ2) is 8.02. The van der Waals surface area contributed by atoms with Crippen LogP contribution in [0, 0.1) is 5.92 Å². The van der Waals surface area contributed by atoms with Gasteiger partial charge in [0, 0.05) is 6.04 Å². The molecule has 1 unspecified atom stereocenters. The summed E-state index contributed by atoms with van der Waals surface area (Å²) < 4.78 is 0. The van der Waals surface area contributed by atoms with Gasteiger partial charge in [0.25, 0.3) is 0 Å². The van der Waals surface area contributed by atoms with E-state index < -0.39 is 12.0 Å². The molecule has 2 amide bonds. The van der Waals surface area contributed by atoms with Crippen LogP contribution in [0.15, 0.2) is 0 Å². The molecule has 3 N–H and O–H groups in total. The Morgan fingerprint density at radius 2 is 1.79 bits per heavy atom. The highest BCUT2D eigenvalue weighted by atomic mass is 16.4. The lowest BCUT2D eigenvalue weighted by Crippen LogP contribution is -2.51. The fourth-order valence-electron chi connectivity index (χ4n) is 2.48. The van der Waals surface area contributed by atoms with Gasteiger partial charge in [-0.2, -0.15) is 0 Å². The molecular weight excluding hydrogens is 244 g/mol. The van der Waals surface area contributed by atoms with Gasteiger partial charge in [0.1, 0.15) is 6.04 Å². The molecule has 110 valence electrons. The molecule has 19 heavy (non-hydrogen) atoms. The summed E-state index contributed by atoms with van der Waals surface area (Å²) in [7, 11) is 0. The quantitative estimate of drug-likeness (QED) is 0.672. The van der Waals surface area contributed by atoms with E-state index in [2.05, 4.69) is 10.6 Å². The molecule has 0 aromatic carbocycles. The maximum absolute atomic E-state index is 11.9. The molecule has 0 aromatic heterocycles. The van der Waals surface area contributed by atoms with Crippen LogP contribution in [0.4, 0.5) is 4.79 Å². The van der Waals surface area contributed by atoms with E-state index in [4.69, 9.17) is 5.11 Å². The Hall–Kier alpha value is -1.26. The topological polar surface area (TPSA) is 78.4 Å². The number of hydrogen-bond donors (Lipinski definition) is 3. The van der Waals surface area contributed by atoms with Crippen LogP contribution in [-0.2, 0) is 4.79 Å². The molecule has 1 aliphatic rings. The van der Waals surface area contributed by atoms with Crippen molar-refractivity contribution in [2.45, 2.75) is 70.9 Å². The molecular formula is C14H26N2O3. The fraction of sp³-hybridized carbons (Fsp3) is 0.857. The first-order valence-electron chi connectivity index (χ1n) is 7.34. The van der Waals surface area contributed by atoms with Crippen molar-refractivity contribution in [3.05, 3.63) is 0 Å². The number of carbonyl (C=O) groups excluding carboxylic acids is 1. The van der Waals surface area contributed by atoms with Crippen LogP contribution in [0.3, 0.4) is 0 Å². The maximum atomic E-state index is 11.9. The number of carboxylic acid groups (broad SMARTS) is 1. The van der Waals surface area contributed by atoms with E-state index in [9.17, 15) is 9.59 Å². The van der Waals surface area contributed by atoms with Gasteiger partial charge in [-0.05, 0) is 18.8 Å². The second-order valence-corrected chi connectivity index (χ2v) is 5.51. The van der Waals surface area contributed by atoms with Gasteiger partial charge in [-0.15, -0.1) is 0 Å². The Labute approximate surface area is 115 Å².